The Kier molecular flexibility index (Phi) is 4.51. The topological polar surface area (TPSA) is 32.3 Å². The van der Waals surface area contributed by atoms with Gasteiger partial charge in [-0.15, -0.1) is 0 Å². The molecule has 1 amide bonds. The lowest BCUT2D eigenvalue weighted by Gasteiger charge is -2.33. The minimum Gasteiger partial charge on any atom is -0.334 e. The molecule has 2 heterocycles. The first-order valence-electron chi connectivity index (χ1n) is 7.95. The van der Waals surface area contributed by atoms with Crippen LogP contribution in [0.15, 0.2) is 24.3 Å². The Morgan fingerprint density at radius 2 is 2.14 bits per heavy atom. The van der Waals surface area contributed by atoms with E-state index in [1.165, 1.54) is 0 Å². The van der Waals surface area contributed by atoms with E-state index in [4.69, 9.17) is 11.6 Å². The smallest absolute Gasteiger partial charge is 0.240 e. The van der Waals surface area contributed by atoms with E-state index >= 15 is 0 Å². The number of hydrogen-bond donors (Lipinski definition) is 1. The minimum absolute atomic E-state index is 0.0168. The fraction of sp³-hybridized carbons (Fsp3) is 0.588. The van der Waals surface area contributed by atoms with Gasteiger partial charge in [-0.1, -0.05) is 36.7 Å². The fourth-order valence-corrected chi connectivity index (χ4v) is 3.86. The van der Waals surface area contributed by atoms with E-state index in [1.807, 2.05) is 23.1 Å². The molecular weight excluding hydrogens is 284 g/mol. The van der Waals surface area contributed by atoms with Gasteiger partial charge in [0.25, 0.3) is 0 Å². The molecule has 3 atom stereocenters. The summed E-state index contributed by atoms with van der Waals surface area (Å²) < 4.78 is 0. The van der Waals surface area contributed by atoms with Crippen LogP contribution < -0.4 is 5.32 Å². The van der Waals surface area contributed by atoms with E-state index < -0.39 is 0 Å². The molecule has 0 aliphatic carbocycles. The van der Waals surface area contributed by atoms with E-state index in [1.54, 1.807) is 0 Å². The SMILES string of the molecule is CC1CCNC(C(=O)N2CCCC2c2ccccc2Cl)C1. The molecule has 2 saturated heterocycles. The lowest BCUT2D eigenvalue weighted by molar-refractivity contribution is -0.135. The molecule has 114 valence electrons. The van der Waals surface area contributed by atoms with Gasteiger partial charge in [0.1, 0.15) is 0 Å². The first kappa shape index (κ1) is 14.9. The number of halogens is 1. The van der Waals surface area contributed by atoms with Crippen LogP contribution in [0.5, 0.6) is 0 Å². The molecule has 0 spiro atoms. The summed E-state index contributed by atoms with van der Waals surface area (Å²) in [5.74, 6) is 0.880. The van der Waals surface area contributed by atoms with Gasteiger partial charge in [-0.3, -0.25) is 4.79 Å². The van der Waals surface area contributed by atoms with Crippen molar-refractivity contribution < 1.29 is 4.79 Å². The molecule has 3 rings (SSSR count). The molecular formula is C17H23ClN2O. The maximum atomic E-state index is 12.9. The predicted octanol–water partition coefficient (Wildman–Crippen LogP) is 3.39. The summed E-state index contributed by atoms with van der Waals surface area (Å²) >= 11 is 6.33. The van der Waals surface area contributed by atoms with Gasteiger partial charge in [0.05, 0.1) is 12.1 Å². The van der Waals surface area contributed by atoms with Crippen molar-refractivity contribution in [3.05, 3.63) is 34.9 Å². The van der Waals surface area contributed by atoms with Crippen LogP contribution in [0, 0.1) is 5.92 Å². The molecule has 4 heteroatoms. The molecule has 2 aliphatic rings. The number of rotatable bonds is 2. The Bertz CT molecular complexity index is 519. The van der Waals surface area contributed by atoms with Gasteiger partial charge in [-0.05, 0) is 49.8 Å². The van der Waals surface area contributed by atoms with Crippen molar-refractivity contribution in [2.75, 3.05) is 13.1 Å². The minimum atomic E-state index is -0.0168. The molecule has 0 bridgehead atoms. The highest BCUT2D eigenvalue weighted by Gasteiger charge is 2.36. The third kappa shape index (κ3) is 3.09. The molecule has 1 aromatic rings. The summed E-state index contributed by atoms with van der Waals surface area (Å²) in [6, 6.07) is 8.04. The maximum absolute atomic E-state index is 12.9. The second kappa shape index (κ2) is 6.37. The Balaban J connectivity index is 1.77. The lowest BCUT2D eigenvalue weighted by atomic mass is 9.93. The molecule has 2 aliphatic heterocycles. The van der Waals surface area contributed by atoms with Gasteiger partial charge in [0.15, 0.2) is 0 Å². The highest BCUT2D eigenvalue weighted by molar-refractivity contribution is 6.31. The summed E-state index contributed by atoms with van der Waals surface area (Å²) in [6.07, 6.45) is 4.18. The van der Waals surface area contributed by atoms with Gasteiger partial charge in [-0.25, -0.2) is 0 Å². The molecule has 3 unspecified atom stereocenters. The molecule has 1 aromatic carbocycles. The van der Waals surface area contributed by atoms with Crippen LogP contribution >= 0.6 is 11.6 Å². The second-order valence-corrected chi connectivity index (χ2v) is 6.75. The van der Waals surface area contributed by atoms with Gasteiger partial charge in [0, 0.05) is 11.6 Å². The quantitative estimate of drug-likeness (QED) is 0.908. The Labute approximate surface area is 131 Å². The van der Waals surface area contributed by atoms with E-state index in [0.29, 0.717) is 5.92 Å². The number of carbonyl (C=O) groups excluding carboxylic acids is 1. The lowest BCUT2D eigenvalue weighted by Crippen LogP contribution is -2.49. The van der Waals surface area contributed by atoms with E-state index in [-0.39, 0.29) is 18.0 Å². The van der Waals surface area contributed by atoms with Gasteiger partial charge in [-0.2, -0.15) is 0 Å². The van der Waals surface area contributed by atoms with Crippen LogP contribution in [0.2, 0.25) is 5.02 Å². The van der Waals surface area contributed by atoms with Gasteiger partial charge < -0.3 is 10.2 Å². The number of nitrogens with zero attached hydrogens (tertiary/aromatic N) is 1. The summed E-state index contributed by atoms with van der Waals surface area (Å²) in [7, 11) is 0. The Morgan fingerprint density at radius 3 is 2.90 bits per heavy atom. The molecule has 0 saturated carbocycles. The van der Waals surface area contributed by atoms with E-state index in [9.17, 15) is 4.79 Å². The molecule has 0 aromatic heterocycles. The van der Waals surface area contributed by atoms with Crippen molar-refractivity contribution in [1.29, 1.82) is 0 Å². The van der Waals surface area contributed by atoms with Gasteiger partial charge in [0.2, 0.25) is 5.91 Å². The number of carbonyl (C=O) groups is 1. The summed E-state index contributed by atoms with van der Waals surface area (Å²) in [5, 5.41) is 4.16. The predicted molar refractivity (Wildman–Crippen MR) is 85.3 cm³/mol. The van der Waals surface area contributed by atoms with E-state index in [2.05, 4.69) is 18.3 Å². The zero-order valence-electron chi connectivity index (χ0n) is 12.5. The zero-order valence-corrected chi connectivity index (χ0v) is 13.3. The highest BCUT2D eigenvalue weighted by Crippen LogP contribution is 2.36. The Morgan fingerprint density at radius 1 is 1.33 bits per heavy atom. The normalized spacial score (nSPS) is 29.6. The highest BCUT2D eigenvalue weighted by atomic mass is 35.5. The largest absolute Gasteiger partial charge is 0.334 e. The van der Waals surface area contributed by atoms with Crippen LogP contribution in [0.3, 0.4) is 0 Å². The first-order chi connectivity index (χ1) is 10.2. The van der Waals surface area contributed by atoms with Crippen LogP contribution in [-0.4, -0.2) is 29.9 Å². The summed E-state index contributed by atoms with van der Waals surface area (Å²) in [4.78, 5) is 14.9. The van der Waals surface area contributed by atoms with Crippen LogP contribution in [0.4, 0.5) is 0 Å². The number of benzene rings is 1. The first-order valence-corrected chi connectivity index (χ1v) is 8.33. The molecule has 3 nitrogen and oxygen atoms in total. The van der Waals surface area contributed by atoms with Crippen molar-refractivity contribution in [2.45, 2.75) is 44.7 Å². The molecule has 0 radical (unpaired) electrons. The van der Waals surface area contributed by atoms with Crippen LogP contribution in [0.25, 0.3) is 0 Å². The zero-order chi connectivity index (χ0) is 14.8. The van der Waals surface area contributed by atoms with Crippen molar-refractivity contribution in [3.8, 4) is 0 Å². The molecule has 2 fully saturated rings. The fourth-order valence-electron chi connectivity index (χ4n) is 3.59. The van der Waals surface area contributed by atoms with Crippen molar-refractivity contribution in [2.24, 2.45) is 5.92 Å². The molecule has 1 N–H and O–H groups in total. The maximum Gasteiger partial charge on any atom is 0.240 e. The van der Waals surface area contributed by atoms with Crippen molar-refractivity contribution in [1.82, 2.24) is 10.2 Å². The average Bonchev–Trinajstić information content (AvgIpc) is 2.96. The third-order valence-electron chi connectivity index (χ3n) is 4.76. The number of hydrogen-bond acceptors (Lipinski definition) is 2. The summed E-state index contributed by atoms with van der Waals surface area (Å²) in [5.41, 5.74) is 1.09. The van der Waals surface area contributed by atoms with Crippen LogP contribution in [-0.2, 0) is 4.79 Å². The van der Waals surface area contributed by atoms with Crippen molar-refractivity contribution in [3.63, 3.8) is 0 Å². The van der Waals surface area contributed by atoms with Gasteiger partial charge >= 0.3 is 0 Å². The average molecular weight is 307 g/mol. The third-order valence-corrected chi connectivity index (χ3v) is 5.11. The number of amides is 1. The number of likely N-dealkylation sites (tertiary alicyclic amines) is 1. The number of piperidine rings is 1. The van der Waals surface area contributed by atoms with Crippen LogP contribution in [0.1, 0.15) is 44.2 Å². The molecule has 21 heavy (non-hydrogen) atoms. The summed E-state index contributed by atoms with van der Waals surface area (Å²) in [6.45, 7) is 4.03. The van der Waals surface area contributed by atoms with Crippen molar-refractivity contribution >= 4 is 17.5 Å². The monoisotopic (exact) mass is 306 g/mol. The number of nitrogens with one attached hydrogen (secondary N) is 1. The standard InChI is InChI=1S/C17H23ClN2O/c1-12-8-9-19-15(11-12)17(21)20-10-4-7-16(20)13-5-2-3-6-14(13)18/h2-3,5-6,12,15-16,19H,4,7-11H2,1H3. The Hall–Kier alpha value is -1.06. The second-order valence-electron chi connectivity index (χ2n) is 6.35. The van der Waals surface area contributed by atoms with E-state index in [0.717, 1.165) is 49.4 Å².